The molecule has 1 heteroatoms. The van der Waals surface area contributed by atoms with Crippen LogP contribution in [0.25, 0.3) is 0 Å². The summed E-state index contributed by atoms with van der Waals surface area (Å²) in [4.78, 5) is 0. The maximum absolute atomic E-state index is 15.5. The topological polar surface area (TPSA) is 0 Å². The fourth-order valence-electron chi connectivity index (χ4n) is 4.08. The third-order valence-electron chi connectivity index (χ3n) is 5.12. The number of halogens is 1. The van der Waals surface area contributed by atoms with E-state index in [0.717, 1.165) is 12.8 Å². The second-order valence-electron chi connectivity index (χ2n) is 6.37. The molecule has 102 valence electrons. The van der Waals surface area contributed by atoms with Gasteiger partial charge in [0.15, 0.2) is 0 Å². The zero-order valence-electron chi connectivity index (χ0n) is 11.8. The summed E-state index contributed by atoms with van der Waals surface area (Å²) >= 11 is 0. The van der Waals surface area contributed by atoms with Crippen molar-refractivity contribution in [1.82, 2.24) is 0 Å². The fourth-order valence-corrected chi connectivity index (χ4v) is 4.08. The minimum absolute atomic E-state index is 0.0592. The molecule has 0 fully saturated rings. The van der Waals surface area contributed by atoms with Crippen LogP contribution in [0.15, 0.2) is 42.5 Å². The van der Waals surface area contributed by atoms with Gasteiger partial charge in [0.1, 0.15) is 5.67 Å². The molecule has 0 radical (unpaired) electrons. The molecule has 0 aliphatic heterocycles. The Morgan fingerprint density at radius 2 is 1.65 bits per heavy atom. The van der Waals surface area contributed by atoms with Crippen LogP contribution in [-0.2, 0) is 12.8 Å². The van der Waals surface area contributed by atoms with E-state index in [-0.39, 0.29) is 5.92 Å². The molecule has 0 N–H and O–H groups in total. The van der Waals surface area contributed by atoms with Crippen molar-refractivity contribution in [2.45, 2.75) is 44.2 Å². The van der Waals surface area contributed by atoms with Gasteiger partial charge < -0.3 is 0 Å². The van der Waals surface area contributed by atoms with Gasteiger partial charge in [-0.25, -0.2) is 4.39 Å². The summed E-state index contributed by atoms with van der Waals surface area (Å²) < 4.78 is 15.5. The van der Waals surface area contributed by atoms with Crippen LogP contribution in [0.4, 0.5) is 4.39 Å². The number of rotatable bonds is 0. The van der Waals surface area contributed by atoms with Gasteiger partial charge in [0.2, 0.25) is 0 Å². The molecule has 0 bridgehead atoms. The van der Waals surface area contributed by atoms with Crippen molar-refractivity contribution < 1.29 is 4.39 Å². The molecule has 2 aromatic rings. The Labute approximate surface area is 119 Å². The lowest BCUT2D eigenvalue weighted by atomic mass is 9.63. The first-order valence-electron chi connectivity index (χ1n) is 7.53. The van der Waals surface area contributed by atoms with Crippen molar-refractivity contribution in [2.75, 3.05) is 0 Å². The number of hydrogen-bond donors (Lipinski definition) is 0. The second kappa shape index (κ2) is 4.18. The Balaban J connectivity index is 1.97. The van der Waals surface area contributed by atoms with E-state index in [9.17, 15) is 0 Å². The molecule has 4 rings (SSSR count). The Morgan fingerprint density at radius 3 is 2.45 bits per heavy atom. The van der Waals surface area contributed by atoms with Gasteiger partial charge in [0.05, 0.1) is 0 Å². The van der Waals surface area contributed by atoms with Crippen molar-refractivity contribution in [1.29, 1.82) is 0 Å². The summed E-state index contributed by atoms with van der Waals surface area (Å²) in [6, 6.07) is 15.0. The first-order chi connectivity index (χ1) is 9.67. The second-order valence-corrected chi connectivity index (χ2v) is 6.37. The predicted octanol–water partition coefficient (Wildman–Crippen LogP) is 4.73. The number of fused-ring (bicyclic) bond motifs is 5. The van der Waals surface area contributed by atoms with Gasteiger partial charge in [0, 0.05) is 5.92 Å². The van der Waals surface area contributed by atoms with Crippen LogP contribution in [0, 0.1) is 6.92 Å². The molecular weight excluding hydrogens is 247 g/mol. The SMILES string of the molecule is Cc1ccc2c(c1)[C@@H]1c3ccccc3CC[C@]1(F)CC2. The summed E-state index contributed by atoms with van der Waals surface area (Å²) in [6.45, 7) is 2.10. The lowest BCUT2D eigenvalue weighted by Crippen LogP contribution is -2.40. The van der Waals surface area contributed by atoms with Crippen LogP contribution in [0.3, 0.4) is 0 Å². The quantitative estimate of drug-likeness (QED) is 0.647. The van der Waals surface area contributed by atoms with Gasteiger partial charge in [-0.3, -0.25) is 0 Å². The van der Waals surface area contributed by atoms with Crippen molar-refractivity contribution in [3.63, 3.8) is 0 Å². The molecule has 0 heterocycles. The lowest BCUT2D eigenvalue weighted by Gasteiger charge is -2.43. The van der Waals surface area contributed by atoms with Gasteiger partial charge in [-0.05, 0) is 54.9 Å². The van der Waals surface area contributed by atoms with E-state index in [1.165, 1.54) is 27.8 Å². The molecular formula is C19H19F. The standard InChI is InChI=1S/C19H19F/c1-13-6-7-15-9-11-19(20)10-8-14-4-2-3-5-16(14)18(19)17(15)12-13/h2-7,12,18H,8-11H2,1H3/t18-,19-/m0/s1. The highest BCUT2D eigenvalue weighted by Crippen LogP contribution is 2.51. The molecule has 2 atom stereocenters. The normalized spacial score (nSPS) is 27.4. The van der Waals surface area contributed by atoms with Crippen molar-refractivity contribution >= 4 is 0 Å². The molecule has 2 aromatic carbocycles. The average Bonchev–Trinajstić information content (AvgIpc) is 2.46. The number of hydrogen-bond acceptors (Lipinski definition) is 0. The van der Waals surface area contributed by atoms with E-state index in [1.54, 1.807) is 0 Å². The maximum atomic E-state index is 15.5. The first-order valence-corrected chi connectivity index (χ1v) is 7.53. The summed E-state index contributed by atoms with van der Waals surface area (Å²) in [7, 11) is 0. The number of benzene rings is 2. The highest BCUT2D eigenvalue weighted by atomic mass is 19.1. The molecule has 0 aromatic heterocycles. The third-order valence-corrected chi connectivity index (χ3v) is 5.12. The van der Waals surface area contributed by atoms with Crippen LogP contribution in [0.1, 0.15) is 46.6 Å². The van der Waals surface area contributed by atoms with Crippen LogP contribution >= 0.6 is 0 Å². The van der Waals surface area contributed by atoms with Crippen LogP contribution in [-0.4, -0.2) is 5.67 Å². The van der Waals surface area contributed by atoms with E-state index < -0.39 is 5.67 Å². The van der Waals surface area contributed by atoms with E-state index in [1.807, 2.05) is 0 Å². The Morgan fingerprint density at radius 1 is 0.950 bits per heavy atom. The summed E-state index contributed by atoms with van der Waals surface area (Å²) in [6.07, 6.45) is 3.10. The van der Waals surface area contributed by atoms with Gasteiger partial charge in [-0.15, -0.1) is 0 Å². The molecule has 2 aliphatic carbocycles. The number of alkyl halides is 1. The predicted molar refractivity (Wildman–Crippen MR) is 79.9 cm³/mol. The molecule has 2 aliphatic rings. The zero-order chi connectivity index (χ0) is 13.7. The van der Waals surface area contributed by atoms with E-state index in [4.69, 9.17) is 0 Å². The van der Waals surface area contributed by atoms with Crippen LogP contribution in [0.5, 0.6) is 0 Å². The van der Waals surface area contributed by atoms with Crippen molar-refractivity contribution in [2.24, 2.45) is 0 Å². The molecule has 0 amide bonds. The average molecular weight is 266 g/mol. The minimum atomic E-state index is -1.05. The van der Waals surface area contributed by atoms with Gasteiger partial charge in [0.25, 0.3) is 0 Å². The first kappa shape index (κ1) is 12.1. The summed E-state index contributed by atoms with van der Waals surface area (Å²) in [5, 5.41) is 0. The zero-order valence-corrected chi connectivity index (χ0v) is 11.8. The largest absolute Gasteiger partial charge is 0.243 e. The highest BCUT2D eigenvalue weighted by Gasteiger charge is 2.47. The van der Waals surface area contributed by atoms with E-state index >= 15 is 4.39 Å². The molecule has 0 nitrogen and oxygen atoms in total. The van der Waals surface area contributed by atoms with Gasteiger partial charge in [-0.1, -0.05) is 48.0 Å². The molecule has 0 saturated heterocycles. The maximum Gasteiger partial charge on any atom is 0.122 e. The van der Waals surface area contributed by atoms with Crippen molar-refractivity contribution in [3.05, 3.63) is 70.3 Å². The molecule has 0 saturated carbocycles. The minimum Gasteiger partial charge on any atom is -0.243 e. The molecule has 0 unspecified atom stereocenters. The van der Waals surface area contributed by atoms with Crippen LogP contribution < -0.4 is 0 Å². The Kier molecular flexibility index (Phi) is 2.54. The summed E-state index contributed by atoms with van der Waals surface area (Å²) in [5.41, 5.74) is 5.30. The molecule has 0 spiro atoms. The van der Waals surface area contributed by atoms with E-state index in [2.05, 4.69) is 49.4 Å². The smallest absolute Gasteiger partial charge is 0.122 e. The summed E-state index contributed by atoms with van der Waals surface area (Å²) in [5.74, 6) is -0.0592. The Bertz CT molecular complexity index is 673. The fraction of sp³-hybridized carbons (Fsp3) is 0.368. The Hall–Kier alpha value is -1.63. The number of aryl methyl sites for hydroxylation is 3. The van der Waals surface area contributed by atoms with Crippen LogP contribution in [0.2, 0.25) is 0 Å². The van der Waals surface area contributed by atoms with Gasteiger partial charge in [-0.2, -0.15) is 0 Å². The third kappa shape index (κ3) is 1.65. The van der Waals surface area contributed by atoms with Gasteiger partial charge >= 0.3 is 0 Å². The highest BCUT2D eigenvalue weighted by molar-refractivity contribution is 5.49. The lowest BCUT2D eigenvalue weighted by molar-refractivity contribution is 0.0982. The van der Waals surface area contributed by atoms with Crippen molar-refractivity contribution in [3.8, 4) is 0 Å². The van der Waals surface area contributed by atoms with E-state index in [0.29, 0.717) is 12.8 Å². The molecule has 20 heavy (non-hydrogen) atoms. The monoisotopic (exact) mass is 266 g/mol.